The van der Waals surface area contributed by atoms with E-state index >= 15 is 0 Å². The predicted molar refractivity (Wildman–Crippen MR) is 179 cm³/mol. The SMILES string of the molecule is CCNC(=O)c1cccc(-c2cccc(COc3cc(OCc4cncc(C#N)c4)c(COC(=O)[C@@H]4CCCN4)cc3Cl)c2C)c1C. The number of aromatic nitrogens is 1. The number of nitrogens with one attached hydrogen (secondary N) is 2. The van der Waals surface area contributed by atoms with Crippen molar-refractivity contribution in [2.75, 3.05) is 13.1 Å². The zero-order valence-electron chi connectivity index (χ0n) is 26.7. The van der Waals surface area contributed by atoms with E-state index in [-0.39, 0.29) is 37.7 Å². The average Bonchev–Trinajstić information content (AvgIpc) is 3.63. The molecular formula is C37H37ClN4O5. The Morgan fingerprint density at radius 3 is 2.49 bits per heavy atom. The van der Waals surface area contributed by atoms with Crippen LogP contribution >= 0.6 is 11.6 Å². The van der Waals surface area contributed by atoms with Crippen LogP contribution in [-0.2, 0) is 29.4 Å². The number of carbonyl (C=O) groups is 2. The van der Waals surface area contributed by atoms with Crippen molar-refractivity contribution in [3.05, 3.63) is 111 Å². The van der Waals surface area contributed by atoms with E-state index in [0.29, 0.717) is 45.3 Å². The van der Waals surface area contributed by atoms with Crippen molar-refractivity contribution in [3.63, 3.8) is 0 Å². The lowest BCUT2D eigenvalue weighted by Gasteiger charge is -2.18. The molecule has 10 heteroatoms. The summed E-state index contributed by atoms with van der Waals surface area (Å²) in [5, 5.41) is 15.6. The Morgan fingerprint density at radius 1 is 0.979 bits per heavy atom. The number of halogens is 1. The number of pyridine rings is 1. The van der Waals surface area contributed by atoms with Gasteiger partial charge in [0.1, 0.15) is 43.4 Å². The Morgan fingerprint density at radius 2 is 1.74 bits per heavy atom. The number of amides is 1. The van der Waals surface area contributed by atoms with Crippen LogP contribution in [0.15, 0.2) is 67.0 Å². The third kappa shape index (κ3) is 8.09. The predicted octanol–water partition coefficient (Wildman–Crippen LogP) is 6.59. The van der Waals surface area contributed by atoms with Crippen LogP contribution in [-0.4, -0.2) is 36.0 Å². The van der Waals surface area contributed by atoms with Gasteiger partial charge in [0.15, 0.2) is 0 Å². The highest BCUT2D eigenvalue weighted by molar-refractivity contribution is 6.32. The van der Waals surface area contributed by atoms with Crippen LogP contribution in [0.2, 0.25) is 5.02 Å². The maximum atomic E-state index is 12.6. The van der Waals surface area contributed by atoms with E-state index in [2.05, 4.69) is 21.7 Å². The van der Waals surface area contributed by atoms with Gasteiger partial charge in [0, 0.05) is 41.7 Å². The fourth-order valence-electron chi connectivity index (χ4n) is 5.57. The largest absolute Gasteiger partial charge is 0.488 e. The molecule has 1 fully saturated rings. The summed E-state index contributed by atoms with van der Waals surface area (Å²) in [4.78, 5) is 29.4. The van der Waals surface area contributed by atoms with Crippen molar-refractivity contribution < 1.29 is 23.8 Å². The molecular weight excluding hydrogens is 616 g/mol. The molecule has 1 atom stereocenters. The van der Waals surface area contributed by atoms with Crippen molar-refractivity contribution in [1.82, 2.24) is 15.6 Å². The number of benzene rings is 3. The molecule has 0 radical (unpaired) electrons. The maximum Gasteiger partial charge on any atom is 0.323 e. The van der Waals surface area contributed by atoms with Gasteiger partial charge >= 0.3 is 5.97 Å². The first kappa shape index (κ1) is 33.5. The molecule has 0 bridgehead atoms. The molecule has 0 aliphatic carbocycles. The minimum Gasteiger partial charge on any atom is -0.488 e. The quantitative estimate of drug-likeness (QED) is 0.164. The van der Waals surface area contributed by atoms with E-state index in [1.54, 1.807) is 24.4 Å². The molecule has 1 aliphatic rings. The van der Waals surface area contributed by atoms with Crippen molar-refractivity contribution in [1.29, 1.82) is 5.26 Å². The minimum atomic E-state index is -0.323. The summed E-state index contributed by atoms with van der Waals surface area (Å²) in [7, 11) is 0. The van der Waals surface area contributed by atoms with Crippen molar-refractivity contribution in [2.24, 2.45) is 0 Å². The third-order valence-corrected chi connectivity index (χ3v) is 8.48. The van der Waals surface area contributed by atoms with Crippen LogP contribution in [0.1, 0.15) is 63.5 Å². The van der Waals surface area contributed by atoms with E-state index in [9.17, 15) is 14.9 Å². The standard InChI is InChI=1S/C37H37ClN4O5/c1-4-41-36(43)31-11-6-10-30(24(31)3)29-9-5-8-27(23(29)2)21-46-35-16-34(45-20-26-14-25(17-39)18-40-19-26)28(15-32(35)38)22-47-37(44)33-12-7-13-42-33/h5-6,8-11,14-16,18-19,33,42H,4,7,12-13,20-22H2,1-3H3,(H,41,43)/t33-/m0/s1. The van der Waals surface area contributed by atoms with Gasteiger partial charge in [0.25, 0.3) is 5.91 Å². The maximum absolute atomic E-state index is 12.6. The molecule has 1 saturated heterocycles. The van der Waals surface area contributed by atoms with E-state index in [0.717, 1.165) is 47.2 Å². The Kier molecular flexibility index (Phi) is 11.1. The zero-order valence-corrected chi connectivity index (χ0v) is 27.4. The molecule has 0 unspecified atom stereocenters. The summed E-state index contributed by atoms with van der Waals surface area (Å²) >= 11 is 6.71. The van der Waals surface area contributed by atoms with Crippen LogP contribution < -0.4 is 20.1 Å². The summed E-state index contributed by atoms with van der Waals surface area (Å²) in [5.41, 5.74) is 7.21. The summed E-state index contributed by atoms with van der Waals surface area (Å²) in [6.07, 6.45) is 4.77. The number of hydrogen-bond acceptors (Lipinski definition) is 8. The van der Waals surface area contributed by atoms with Gasteiger partial charge in [-0.05, 0) is 86.2 Å². The molecule has 1 amide bonds. The first-order valence-corrected chi connectivity index (χ1v) is 16.0. The van der Waals surface area contributed by atoms with E-state index < -0.39 is 0 Å². The molecule has 1 aromatic heterocycles. The highest BCUT2D eigenvalue weighted by Gasteiger charge is 2.24. The normalized spacial score (nSPS) is 13.9. The highest BCUT2D eigenvalue weighted by Crippen LogP contribution is 2.36. The lowest BCUT2D eigenvalue weighted by atomic mass is 9.91. The summed E-state index contributed by atoms with van der Waals surface area (Å²) in [5.74, 6) is 0.413. The first-order valence-electron chi connectivity index (χ1n) is 15.6. The fourth-order valence-corrected chi connectivity index (χ4v) is 5.81. The number of nitriles is 1. The molecule has 5 rings (SSSR count). The van der Waals surface area contributed by atoms with Crippen molar-refractivity contribution in [3.8, 4) is 28.7 Å². The smallest absolute Gasteiger partial charge is 0.323 e. The lowest BCUT2D eigenvalue weighted by Crippen LogP contribution is -2.32. The summed E-state index contributed by atoms with van der Waals surface area (Å²) in [6.45, 7) is 7.55. The Balaban J connectivity index is 1.38. The molecule has 0 saturated carbocycles. The molecule has 2 heterocycles. The van der Waals surface area contributed by atoms with Crippen molar-refractivity contribution >= 4 is 23.5 Å². The molecule has 242 valence electrons. The molecule has 2 N–H and O–H groups in total. The second-order valence-corrected chi connectivity index (χ2v) is 11.8. The molecule has 1 aliphatic heterocycles. The second kappa shape index (κ2) is 15.6. The van der Waals surface area contributed by atoms with Crippen LogP contribution in [0.3, 0.4) is 0 Å². The highest BCUT2D eigenvalue weighted by atomic mass is 35.5. The van der Waals surface area contributed by atoms with Gasteiger partial charge in [0.2, 0.25) is 0 Å². The topological polar surface area (TPSA) is 123 Å². The summed E-state index contributed by atoms with van der Waals surface area (Å²) in [6, 6.07) is 18.6. The van der Waals surface area contributed by atoms with Crippen LogP contribution in [0, 0.1) is 25.2 Å². The van der Waals surface area contributed by atoms with Gasteiger partial charge in [-0.1, -0.05) is 41.9 Å². The third-order valence-electron chi connectivity index (χ3n) is 8.18. The van der Waals surface area contributed by atoms with Crippen molar-refractivity contribution in [2.45, 2.75) is 59.5 Å². The van der Waals surface area contributed by atoms with Crippen LogP contribution in [0.25, 0.3) is 11.1 Å². The second-order valence-electron chi connectivity index (χ2n) is 11.3. The van der Waals surface area contributed by atoms with Gasteiger partial charge < -0.3 is 24.8 Å². The number of esters is 1. The number of ether oxygens (including phenoxy) is 3. The number of hydrogen-bond donors (Lipinski definition) is 2. The zero-order chi connectivity index (χ0) is 33.3. The van der Waals surface area contributed by atoms with Gasteiger partial charge in [-0.2, -0.15) is 5.26 Å². The Hall–Kier alpha value is -4.91. The van der Waals surface area contributed by atoms with Gasteiger partial charge in [-0.15, -0.1) is 0 Å². The van der Waals surface area contributed by atoms with Crippen LogP contribution in [0.4, 0.5) is 0 Å². The number of nitrogens with zero attached hydrogens (tertiary/aromatic N) is 2. The van der Waals surface area contributed by atoms with Gasteiger partial charge in [0.05, 0.1) is 10.6 Å². The van der Waals surface area contributed by atoms with Gasteiger partial charge in [-0.3, -0.25) is 14.6 Å². The Labute approximate surface area is 279 Å². The fraction of sp³-hybridized carbons (Fsp3) is 0.297. The van der Waals surface area contributed by atoms with E-state index in [1.807, 2.05) is 57.2 Å². The summed E-state index contributed by atoms with van der Waals surface area (Å²) < 4.78 is 18.0. The number of rotatable bonds is 12. The lowest BCUT2D eigenvalue weighted by molar-refractivity contribution is -0.147. The molecule has 0 spiro atoms. The van der Waals surface area contributed by atoms with Crippen LogP contribution in [0.5, 0.6) is 11.5 Å². The average molecular weight is 653 g/mol. The molecule has 9 nitrogen and oxygen atoms in total. The first-order chi connectivity index (χ1) is 22.8. The molecule has 47 heavy (non-hydrogen) atoms. The Bertz CT molecular complexity index is 1810. The van der Waals surface area contributed by atoms with E-state index in [1.165, 1.54) is 6.20 Å². The molecule has 3 aromatic carbocycles. The monoisotopic (exact) mass is 652 g/mol. The minimum absolute atomic E-state index is 0.0291. The van der Waals surface area contributed by atoms with E-state index in [4.69, 9.17) is 25.8 Å². The molecule has 4 aromatic rings. The van der Waals surface area contributed by atoms with Gasteiger partial charge in [-0.25, -0.2) is 0 Å². The number of carbonyl (C=O) groups excluding carboxylic acids is 2.